The molecule has 21 heavy (non-hydrogen) atoms. The van der Waals surface area contributed by atoms with Crippen LogP contribution in [0.4, 0.5) is 0 Å². The van der Waals surface area contributed by atoms with Crippen molar-refractivity contribution in [2.45, 2.75) is 39.5 Å². The number of piperidine rings is 1. The van der Waals surface area contributed by atoms with Crippen LogP contribution in [0.15, 0.2) is 0 Å². The summed E-state index contributed by atoms with van der Waals surface area (Å²) in [7, 11) is 0. The number of hydrogen-bond donors (Lipinski definition) is 1. The molecule has 0 aromatic carbocycles. The van der Waals surface area contributed by atoms with Crippen LogP contribution in [0.3, 0.4) is 0 Å². The van der Waals surface area contributed by atoms with Gasteiger partial charge in [-0.05, 0) is 51.1 Å². The van der Waals surface area contributed by atoms with Gasteiger partial charge in [0.25, 0.3) is 0 Å². The molecule has 2 saturated heterocycles. The van der Waals surface area contributed by atoms with Gasteiger partial charge in [-0.15, -0.1) is 12.4 Å². The fourth-order valence-electron chi connectivity index (χ4n) is 3.42. The first kappa shape index (κ1) is 18.7. The second-order valence-corrected chi connectivity index (χ2v) is 6.44. The zero-order chi connectivity index (χ0) is 14.4. The molecule has 2 aliphatic rings. The molecular formula is C16H31ClN2O2. The summed E-state index contributed by atoms with van der Waals surface area (Å²) in [6, 6.07) is 0. The second kappa shape index (κ2) is 9.65. The summed E-state index contributed by atoms with van der Waals surface area (Å²) in [5.74, 6) is 2.07. The van der Waals surface area contributed by atoms with Crippen LogP contribution in [0.2, 0.25) is 0 Å². The standard InChI is InChI=1S/C16H30N2O2.ClH/c1-3-20-12-14-6-8-18(11-14)16(19)9-13(2)15-5-4-7-17-10-15;/h13-15,17H,3-12H2,1-2H3;1H. The molecule has 2 fully saturated rings. The zero-order valence-corrected chi connectivity index (χ0v) is 14.3. The summed E-state index contributed by atoms with van der Waals surface area (Å²) >= 11 is 0. The van der Waals surface area contributed by atoms with Gasteiger partial charge in [-0.3, -0.25) is 4.79 Å². The molecule has 2 rings (SSSR count). The predicted octanol–water partition coefficient (Wildman–Crippen LogP) is 2.32. The van der Waals surface area contributed by atoms with Gasteiger partial charge in [0, 0.05) is 32.0 Å². The number of halogens is 1. The van der Waals surface area contributed by atoms with Gasteiger partial charge in [0.2, 0.25) is 5.91 Å². The van der Waals surface area contributed by atoms with Crippen molar-refractivity contribution in [2.75, 3.05) is 39.4 Å². The van der Waals surface area contributed by atoms with Crippen LogP contribution in [0.5, 0.6) is 0 Å². The van der Waals surface area contributed by atoms with E-state index in [2.05, 4.69) is 17.1 Å². The summed E-state index contributed by atoms with van der Waals surface area (Å²) in [6.45, 7) is 9.89. The van der Waals surface area contributed by atoms with Gasteiger partial charge < -0.3 is 15.0 Å². The van der Waals surface area contributed by atoms with Crippen molar-refractivity contribution in [3.8, 4) is 0 Å². The maximum atomic E-state index is 12.4. The molecule has 3 unspecified atom stereocenters. The highest BCUT2D eigenvalue weighted by Crippen LogP contribution is 2.25. The first-order chi connectivity index (χ1) is 9.70. The molecule has 4 nitrogen and oxygen atoms in total. The van der Waals surface area contributed by atoms with Crippen molar-refractivity contribution >= 4 is 18.3 Å². The van der Waals surface area contributed by atoms with E-state index in [0.717, 1.165) is 45.8 Å². The van der Waals surface area contributed by atoms with Gasteiger partial charge in [0.05, 0.1) is 6.61 Å². The molecule has 124 valence electrons. The molecule has 0 aliphatic carbocycles. The molecule has 0 saturated carbocycles. The Balaban J connectivity index is 0.00000220. The molecule has 2 heterocycles. The molecule has 1 N–H and O–H groups in total. The van der Waals surface area contributed by atoms with Crippen molar-refractivity contribution in [2.24, 2.45) is 17.8 Å². The first-order valence-electron chi connectivity index (χ1n) is 8.27. The Bertz CT molecular complexity index is 309. The van der Waals surface area contributed by atoms with Crippen molar-refractivity contribution in [1.82, 2.24) is 10.2 Å². The summed E-state index contributed by atoms with van der Waals surface area (Å²) in [5.41, 5.74) is 0. The minimum atomic E-state index is 0. The highest BCUT2D eigenvalue weighted by atomic mass is 35.5. The minimum Gasteiger partial charge on any atom is -0.381 e. The van der Waals surface area contributed by atoms with E-state index in [4.69, 9.17) is 4.74 Å². The van der Waals surface area contributed by atoms with Crippen LogP contribution in [-0.2, 0) is 9.53 Å². The third-order valence-corrected chi connectivity index (χ3v) is 4.83. The van der Waals surface area contributed by atoms with E-state index in [1.54, 1.807) is 0 Å². The summed E-state index contributed by atoms with van der Waals surface area (Å²) in [6.07, 6.45) is 4.34. The molecule has 5 heteroatoms. The SMILES string of the molecule is CCOCC1CCN(C(=O)CC(C)C2CCCNC2)C1.Cl. The summed E-state index contributed by atoms with van der Waals surface area (Å²) in [4.78, 5) is 14.4. The molecule has 0 aromatic heterocycles. The minimum absolute atomic E-state index is 0. The van der Waals surface area contributed by atoms with E-state index < -0.39 is 0 Å². The van der Waals surface area contributed by atoms with E-state index in [1.807, 2.05) is 6.92 Å². The normalized spacial score (nSPS) is 27.2. The lowest BCUT2D eigenvalue weighted by Gasteiger charge is -2.29. The number of rotatable bonds is 6. The molecule has 0 radical (unpaired) electrons. The zero-order valence-electron chi connectivity index (χ0n) is 13.5. The number of hydrogen-bond acceptors (Lipinski definition) is 3. The van der Waals surface area contributed by atoms with Gasteiger partial charge in [-0.25, -0.2) is 0 Å². The van der Waals surface area contributed by atoms with Crippen molar-refractivity contribution in [1.29, 1.82) is 0 Å². The Morgan fingerprint density at radius 2 is 2.24 bits per heavy atom. The van der Waals surface area contributed by atoms with Crippen molar-refractivity contribution < 1.29 is 9.53 Å². The van der Waals surface area contributed by atoms with Crippen LogP contribution in [0, 0.1) is 17.8 Å². The van der Waals surface area contributed by atoms with E-state index >= 15 is 0 Å². The molecule has 0 spiro atoms. The molecule has 1 amide bonds. The van der Waals surface area contributed by atoms with Gasteiger partial charge in [0.1, 0.15) is 0 Å². The van der Waals surface area contributed by atoms with Gasteiger partial charge in [0.15, 0.2) is 0 Å². The average molecular weight is 319 g/mol. The van der Waals surface area contributed by atoms with Gasteiger partial charge >= 0.3 is 0 Å². The van der Waals surface area contributed by atoms with Crippen LogP contribution < -0.4 is 5.32 Å². The molecule has 2 aliphatic heterocycles. The number of likely N-dealkylation sites (tertiary alicyclic amines) is 1. The van der Waals surface area contributed by atoms with E-state index in [9.17, 15) is 4.79 Å². The third kappa shape index (κ3) is 5.76. The van der Waals surface area contributed by atoms with Gasteiger partial charge in [-0.1, -0.05) is 6.92 Å². The maximum absolute atomic E-state index is 12.4. The number of nitrogens with zero attached hydrogens (tertiary/aromatic N) is 1. The van der Waals surface area contributed by atoms with Gasteiger partial charge in [-0.2, -0.15) is 0 Å². The molecular weight excluding hydrogens is 288 g/mol. The quantitative estimate of drug-likeness (QED) is 0.817. The molecule has 3 atom stereocenters. The summed E-state index contributed by atoms with van der Waals surface area (Å²) in [5, 5.41) is 3.45. The smallest absolute Gasteiger partial charge is 0.222 e. The Labute approximate surface area is 135 Å². The number of amides is 1. The lowest BCUT2D eigenvalue weighted by molar-refractivity contribution is -0.131. The topological polar surface area (TPSA) is 41.6 Å². The Hall–Kier alpha value is -0.320. The molecule has 0 aromatic rings. The van der Waals surface area contributed by atoms with E-state index in [1.165, 1.54) is 12.8 Å². The third-order valence-electron chi connectivity index (χ3n) is 4.83. The fourth-order valence-corrected chi connectivity index (χ4v) is 3.42. The average Bonchev–Trinajstić information content (AvgIpc) is 2.95. The Morgan fingerprint density at radius 3 is 2.90 bits per heavy atom. The second-order valence-electron chi connectivity index (χ2n) is 6.44. The Morgan fingerprint density at radius 1 is 1.43 bits per heavy atom. The van der Waals surface area contributed by atoms with E-state index in [0.29, 0.717) is 30.1 Å². The highest BCUT2D eigenvalue weighted by molar-refractivity contribution is 5.85. The number of carbonyl (C=O) groups is 1. The number of carbonyl (C=O) groups excluding carboxylic acids is 1. The summed E-state index contributed by atoms with van der Waals surface area (Å²) < 4.78 is 5.48. The Kier molecular flexibility index (Phi) is 8.60. The van der Waals surface area contributed by atoms with E-state index in [-0.39, 0.29) is 12.4 Å². The van der Waals surface area contributed by atoms with Crippen LogP contribution >= 0.6 is 12.4 Å². The predicted molar refractivity (Wildman–Crippen MR) is 87.8 cm³/mol. The van der Waals surface area contributed by atoms with Crippen molar-refractivity contribution in [3.63, 3.8) is 0 Å². The van der Waals surface area contributed by atoms with Crippen molar-refractivity contribution in [3.05, 3.63) is 0 Å². The number of ether oxygens (including phenoxy) is 1. The van der Waals surface area contributed by atoms with Crippen LogP contribution in [0.1, 0.15) is 39.5 Å². The first-order valence-corrected chi connectivity index (χ1v) is 8.27. The monoisotopic (exact) mass is 318 g/mol. The largest absolute Gasteiger partial charge is 0.381 e. The van der Waals surface area contributed by atoms with Crippen LogP contribution in [-0.4, -0.2) is 50.2 Å². The fraction of sp³-hybridized carbons (Fsp3) is 0.938. The molecule has 0 bridgehead atoms. The lowest BCUT2D eigenvalue weighted by Crippen LogP contribution is -2.36. The highest BCUT2D eigenvalue weighted by Gasteiger charge is 2.29. The maximum Gasteiger partial charge on any atom is 0.222 e. The van der Waals surface area contributed by atoms with Crippen LogP contribution in [0.25, 0.3) is 0 Å². The lowest BCUT2D eigenvalue weighted by atomic mass is 9.85. The number of nitrogens with one attached hydrogen (secondary N) is 1.